The van der Waals surface area contributed by atoms with E-state index in [1.807, 2.05) is 12.1 Å². The van der Waals surface area contributed by atoms with Gasteiger partial charge < -0.3 is 10.1 Å². The zero-order valence-corrected chi connectivity index (χ0v) is 10.8. The minimum absolute atomic E-state index is 0.00803. The number of aryl methyl sites for hydroxylation is 1. The van der Waals surface area contributed by atoms with E-state index in [1.54, 1.807) is 13.0 Å². The molecule has 1 N–H and O–H groups in total. The molecule has 1 spiro atoms. The molecule has 1 heterocycles. The quantitative estimate of drug-likeness (QED) is 0.825. The third-order valence-electron chi connectivity index (χ3n) is 4.35. The predicted octanol–water partition coefficient (Wildman–Crippen LogP) is 3.11. The second-order valence-corrected chi connectivity index (χ2v) is 5.68. The van der Waals surface area contributed by atoms with Gasteiger partial charge in [0.05, 0.1) is 12.7 Å². The van der Waals surface area contributed by atoms with Crippen molar-refractivity contribution in [2.24, 2.45) is 0 Å². The molecular formula is C15H20FNO. The first-order chi connectivity index (χ1) is 8.69. The summed E-state index contributed by atoms with van der Waals surface area (Å²) >= 11 is 0. The molecule has 0 amide bonds. The van der Waals surface area contributed by atoms with Crippen LogP contribution in [0, 0.1) is 12.7 Å². The summed E-state index contributed by atoms with van der Waals surface area (Å²) in [6, 6.07) is 5.40. The van der Waals surface area contributed by atoms with E-state index in [2.05, 4.69) is 5.32 Å². The highest BCUT2D eigenvalue weighted by atomic mass is 19.1. The number of hydrogen-bond donors (Lipinski definition) is 1. The molecule has 2 fully saturated rings. The topological polar surface area (TPSA) is 21.3 Å². The summed E-state index contributed by atoms with van der Waals surface area (Å²) in [5.74, 6) is -0.141. The molecule has 2 nitrogen and oxygen atoms in total. The Morgan fingerprint density at radius 1 is 1.33 bits per heavy atom. The van der Waals surface area contributed by atoms with Gasteiger partial charge in [0, 0.05) is 12.1 Å². The molecule has 1 aromatic carbocycles. The van der Waals surface area contributed by atoms with Gasteiger partial charge in [0.2, 0.25) is 0 Å². The first-order valence-electron chi connectivity index (χ1n) is 6.81. The minimum atomic E-state index is -0.141. The Kier molecular flexibility index (Phi) is 3.12. The van der Waals surface area contributed by atoms with E-state index in [4.69, 9.17) is 4.74 Å². The lowest BCUT2D eigenvalue weighted by Gasteiger charge is -2.38. The van der Waals surface area contributed by atoms with E-state index >= 15 is 0 Å². The zero-order valence-electron chi connectivity index (χ0n) is 10.8. The molecule has 2 aliphatic rings. The third-order valence-corrected chi connectivity index (χ3v) is 4.35. The maximum atomic E-state index is 13.6. The standard InChI is InChI=1S/C15H20FNO/c1-11-4-5-12(8-13(11)16)14-9-17-15(10-18-14)6-2-3-7-15/h4-5,8,14,17H,2-3,6-7,9-10H2,1H3. The fourth-order valence-electron chi connectivity index (χ4n) is 3.08. The Morgan fingerprint density at radius 2 is 2.11 bits per heavy atom. The van der Waals surface area contributed by atoms with Gasteiger partial charge in [-0.3, -0.25) is 0 Å². The molecule has 1 unspecified atom stereocenters. The first-order valence-corrected chi connectivity index (χ1v) is 6.81. The number of hydrogen-bond acceptors (Lipinski definition) is 2. The van der Waals surface area contributed by atoms with Crippen LogP contribution >= 0.6 is 0 Å². The first kappa shape index (κ1) is 12.1. The van der Waals surface area contributed by atoms with Crippen molar-refractivity contribution < 1.29 is 9.13 Å². The van der Waals surface area contributed by atoms with E-state index in [9.17, 15) is 4.39 Å². The van der Waals surface area contributed by atoms with Crippen molar-refractivity contribution in [2.75, 3.05) is 13.2 Å². The fraction of sp³-hybridized carbons (Fsp3) is 0.600. The molecule has 1 aliphatic carbocycles. The van der Waals surface area contributed by atoms with Gasteiger partial charge in [-0.1, -0.05) is 25.0 Å². The molecule has 1 aromatic rings. The lowest BCUT2D eigenvalue weighted by atomic mass is 9.95. The summed E-state index contributed by atoms with van der Waals surface area (Å²) in [6.07, 6.45) is 5.00. The number of morpholine rings is 1. The minimum Gasteiger partial charge on any atom is -0.370 e. The van der Waals surface area contributed by atoms with Crippen molar-refractivity contribution in [3.63, 3.8) is 0 Å². The summed E-state index contributed by atoms with van der Waals surface area (Å²) in [6.45, 7) is 3.34. The second kappa shape index (κ2) is 4.63. The smallest absolute Gasteiger partial charge is 0.126 e. The zero-order chi connectivity index (χ0) is 12.6. The summed E-state index contributed by atoms with van der Waals surface area (Å²) in [7, 11) is 0. The molecule has 3 rings (SSSR count). The average molecular weight is 249 g/mol. The molecule has 1 saturated heterocycles. The third kappa shape index (κ3) is 2.17. The highest BCUT2D eigenvalue weighted by molar-refractivity contribution is 5.25. The van der Waals surface area contributed by atoms with E-state index in [1.165, 1.54) is 25.7 Å². The number of nitrogens with one attached hydrogen (secondary N) is 1. The molecule has 1 atom stereocenters. The van der Waals surface area contributed by atoms with Crippen molar-refractivity contribution in [1.29, 1.82) is 0 Å². The molecule has 3 heteroatoms. The van der Waals surface area contributed by atoms with Gasteiger partial charge in [0.1, 0.15) is 5.82 Å². The van der Waals surface area contributed by atoms with Crippen LogP contribution in [-0.2, 0) is 4.74 Å². The Hall–Kier alpha value is -0.930. The van der Waals surface area contributed by atoms with Crippen molar-refractivity contribution in [3.05, 3.63) is 35.1 Å². The number of rotatable bonds is 1. The lowest BCUT2D eigenvalue weighted by Crippen LogP contribution is -2.53. The number of halogens is 1. The fourth-order valence-corrected chi connectivity index (χ4v) is 3.08. The second-order valence-electron chi connectivity index (χ2n) is 5.68. The lowest BCUT2D eigenvalue weighted by molar-refractivity contribution is -0.0327. The predicted molar refractivity (Wildman–Crippen MR) is 69.0 cm³/mol. The largest absolute Gasteiger partial charge is 0.370 e. The molecule has 98 valence electrons. The van der Waals surface area contributed by atoms with Crippen LogP contribution in [0.15, 0.2) is 18.2 Å². The van der Waals surface area contributed by atoms with E-state index in [0.29, 0.717) is 5.56 Å². The van der Waals surface area contributed by atoms with Gasteiger partial charge in [0.25, 0.3) is 0 Å². The molecule has 1 saturated carbocycles. The summed E-state index contributed by atoms with van der Waals surface area (Å²) < 4.78 is 19.5. The molecule has 18 heavy (non-hydrogen) atoms. The molecule has 0 bridgehead atoms. The maximum absolute atomic E-state index is 13.6. The Balaban J connectivity index is 1.70. The molecule has 0 radical (unpaired) electrons. The van der Waals surface area contributed by atoms with Crippen LogP contribution in [0.3, 0.4) is 0 Å². The Morgan fingerprint density at radius 3 is 2.72 bits per heavy atom. The number of ether oxygens (including phenoxy) is 1. The van der Waals surface area contributed by atoms with Crippen LogP contribution in [0.1, 0.15) is 42.9 Å². The molecule has 1 aliphatic heterocycles. The SMILES string of the molecule is Cc1ccc(C2CNC3(CCCC3)CO2)cc1F. The normalized spacial score (nSPS) is 26.7. The van der Waals surface area contributed by atoms with Gasteiger partial charge in [-0.15, -0.1) is 0 Å². The Labute approximate surface area is 108 Å². The van der Waals surface area contributed by atoms with Crippen LogP contribution in [0.4, 0.5) is 4.39 Å². The highest BCUT2D eigenvalue weighted by Gasteiger charge is 2.38. The van der Waals surface area contributed by atoms with Crippen LogP contribution in [0.5, 0.6) is 0 Å². The molecule has 0 aromatic heterocycles. The van der Waals surface area contributed by atoms with E-state index < -0.39 is 0 Å². The van der Waals surface area contributed by atoms with Crippen LogP contribution in [0.25, 0.3) is 0 Å². The summed E-state index contributed by atoms with van der Waals surface area (Å²) in [5.41, 5.74) is 1.84. The Bertz CT molecular complexity index is 430. The van der Waals surface area contributed by atoms with Crippen molar-refractivity contribution in [1.82, 2.24) is 5.32 Å². The van der Waals surface area contributed by atoms with Crippen molar-refractivity contribution in [3.8, 4) is 0 Å². The van der Waals surface area contributed by atoms with Crippen LogP contribution < -0.4 is 5.32 Å². The van der Waals surface area contributed by atoms with Gasteiger partial charge >= 0.3 is 0 Å². The maximum Gasteiger partial charge on any atom is 0.126 e. The molecular weight excluding hydrogens is 229 g/mol. The number of benzene rings is 1. The summed E-state index contributed by atoms with van der Waals surface area (Å²) in [5, 5.41) is 3.63. The summed E-state index contributed by atoms with van der Waals surface area (Å²) in [4.78, 5) is 0. The van der Waals surface area contributed by atoms with Crippen LogP contribution in [0.2, 0.25) is 0 Å². The highest BCUT2D eigenvalue weighted by Crippen LogP contribution is 2.35. The van der Waals surface area contributed by atoms with Gasteiger partial charge in [-0.25, -0.2) is 4.39 Å². The van der Waals surface area contributed by atoms with Crippen molar-refractivity contribution in [2.45, 2.75) is 44.2 Å². The van der Waals surface area contributed by atoms with Gasteiger partial charge in [-0.05, 0) is 37.0 Å². The van der Waals surface area contributed by atoms with E-state index in [-0.39, 0.29) is 17.5 Å². The monoisotopic (exact) mass is 249 g/mol. The van der Waals surface area contributed by atoms with Gasteiger partial charge in [-0.2, -0.15) is 0 Å². The average Bonchev–Trinajstić information content (AvgIpc) is 2.82. The van der Waals surface area contributed by atoms with E-state index in [0.717, 1.165) is 18.7 Å². The van der Waals surface area contributed by atoms with Crippen LogP contribution in [-0.4, -0.2) is 18.7 Å². The van der Waals surface area contributed by atoms with Crippen molar-refractivity contribution >= 4 is 0 Å². The van der Waals surface area contributed by atoms with Gasteiger partial charge in [0.15, 0.2) is 0 Å².